The van der Waals surface area contributed by atoms with Crippen molar-refractivity contribution in [2.75, 3.05) is 0 Å². The van der Waals surface area contributed by atoms with E-state index in [2.05, 4.69) is 15.0 Å². The summed E-state index contributed by atoms with van der Waals surface area (Å²) in [5, 5.41) is 1.08. The Bertz CT molecular complexity index is 626. The molecule has 0 saturated heterocycles. The Balaban J connectivity index is 2.25. The number of hydrogen-bond donors (Lipinski definition) is 1. The highest BCUT2D eigenvalue weighted by Gasteiger charge is 2.06. The minimum absolute atomic E-state index is 0.771. The molecule has 0 aliphatic heterocycles. The molecule has 3 heteroatoms. The fourth-order valence-corrected chi connectivity index (χ4v) is 1.81. The van der Waals surface area contributed by atoms with Crippen LogP contribution < -0.4 is 0 Å². The van der Waals surface area contributed by atoms with Crippen LogP contribution in [0, 0.1) is 6.92 Å². The molecule has 0 amide bonds. The van der Waals surface area contributed by atoms with Crippen molar-refractivity contribution in [2.24, 2.45) is 0 Å². The number of H-pyrrole nitrogens is 1. The third-order valence-corrected chi connectivity index (χ3v) is 2.64. The molecule has 2 aromatic heterocycles. The number of hydrogen-bond acceptors (Lipinski definition) is 2. The second-order valence-electron chi connectivity index (χ2n) is 3.74. The van der Waals surface area contributed by atoms with Crippen molar-refractivity contribution in [3.63, 3.8) is 0 Å². The van der Waals surface area contributed by atoms with Crippen molar-refractivity contribution in [3.05, 3.63) is 48.3 Å². The lowest BCUT2D eigenvalue weighted by atomic mass is 10.2. The maximum atomic E-state index is 4.51. The van der Waals surface area contributed by atoms with Gasteiger partial charge in [0.2, 0.25) is 0 Å². The summed E-state index contributed by atoms with van der Waals surface area (Å²) < 4.78 is 0. The Kier molecular flexibility index (Phi) is 1.96. The Morgan fingerprint density at radius 2 is 1.81 bits per heavy atom. The fraction of sp³-hybridized carbons (Fsp3) is 0.0769. The van der Waals surface area contributed by atoms with Gasteiger partial charge in [-0.3, -0.25) is 0 Å². The van der Waals surface area contributed by atoms with Gasteiger partial charge in [-0.2, -0.15) is 0 Å². The van der Waals surface area contributed by atoms with Crippen LogP contribution in [-0.4, -0.2) is 15.0 Å². The molecule has 0 aliphatic rings. The molecule has 0 fully saturated rings. The predicted molar refractivity (Wildman–Crippen MR) is 64.1 cm³/mol. The standard InChI is InChI=1S/C13H11N3/c1-9-11-7-8-14-13(11)16-12(15-9)10-5-3-2-4-6-10/h2-8H,1H3,(H,14,15,16). The molecule has 78 valence electrons. The van der Waals surface area contributed by atoms with E-state index in [4.69, 9.17) is 0 Å². The third kappa shape index (κ3) is 1.37. The second kappa shape index (κ2) is 3.45. The highest BCUT2D eigenvalue weighted by Crippen LogP contribution is 2.19. The van der Waals surface area contributed by atoms with Gasteiger partial charge in [-0.25, -0.2) is 9.97 Å². The van der Waals surface area contributed by atoms with Crippen LogP contribution in [-0.2, 0) is 0 Å². The maximum Gasteiger partial charge on any atom is 0.161 e. The SMILES string of the molecule is Cc1nc(-c2ccccc2)nc2[nH]ccc12. The summed E-state index contributed by atoms with van der Waals surface area (Å²) in [5.74, 6) is 0.771. The highest BCUT2D eigenvalue weighted by atomic mass is 14.9. The summed E-state index contributed by atoms with van der Waals surface area (Å²) in [6.07, 6.45) is 1.89. The van der Waals surface area contributed by atoms with Gasteiger partial charge >= 0.3 is 0 Å². The largest absolute Gasteiger partial charge is 0.346 e. The zero-order valence-corrected chi connectivity index (χ0v) is 8.94. The van der Waals surface area contributed by atoms with Crippen molar-refractivity contribution in [1.82, 2.24) is 15.0 Å². The van der Waals surface area contributed by atoms with Gasteiger partial charge in [0.15, 0.2) is 5.82 Å². The molecule has 0 atom stereocenters. The molecule has 16 heavy (non-hydrogen) atoms. The van der Waals surface area contributed by atoms with Gasteiger partial charge in [0, 0.05) is 17.1 Å². The molecule has 1 aromatic carbocycles. The van der Waals surface area contributed by atoms with E-state index in [0.717, 1.165) is 28.1 Å². The number of fused-ring (bicyclic) bond motifs is 1. The molecule has 0 aliphatic carbocycles. The number of nitrogens with one attached hydrogen (secondary N) is 1. The average molecular weight is 209 g/mol. The molecule has 0 unspecified atom stereocenters. The Hall–Kier alpha value is -2.16. The van der Waals surface area contributed by atoms with Crippen LogP contribution in [0.4, 0.5) is 0 Å². The molecule has 3 nitrogen and oxygen atoms in total. The van der Waals surface area contributed by atoms with Crippen LogP contribution in [0.5, 0.6) is 0 Å². The van der Waals surface area contributed by atoms with Crippen molar-refractivity contribution in [2.45, 2.75) is 6.92 Å². The van der Waals surface area contributed by atoms with E-state index in [0.29, 0.717) is 0 Å². The minimum Gasteiger partial charge on any atom is -0.346 e. The predicted octanol–water partition coefficient (Wildman–Crippen LogP) is 2.93. The van der Waals surface area contributed by atoms with Gasteiger partial charge in [-0.15, -0.1) is 0 Å². The average Bonchev–Trinajstić information content (AvgIpc) is 2.79. The lowest BCUT2D eigenvalue weighted by molar-refractivity contribution is 1.15. The topological polar surface area (TPSA) is 41.6 Å². The molecule has 3 aromatic rings. The highest BCUT2D eigenvalue weighted by molar-refractivity contribution is 5.79. The first-order valence-corrected chi connectivity index (χ1v) is 5.22. The van der Waals surface area contributed by atoms with Crippen molar-refractivity contribution >= 4 is 11.0 Å². The molecule has 0 radical (unpaired) electrons. The van der Waals surface area contributed by atoms with Crippen LogP contribution in [0.3, 0.4) is 0 Å². The van der Waals surface area contributed by atoms with E-state index in [1.807, 2.05) is 49.5 Å². The third-order valence-electron chi connectivity index (χ3n) is 2.64. The number of rotatable bonds is 1. The second-order valence-corrected chi connectivity index (χ2v) is 3.74. The number of aromatic amines is 1. The lowest BCUT2D eigenvalue weighted by Crippen LogP contribution is -1.92. The Labute approximate surface area is 93.2 Å². The zero-order valence-electron chi connectivity index (χ0n) is 8.94. The van der Waals surface area contributed by atoms with Gasteiger partial charge in [0.05, 0.1) is 5.69 Å². The minimum atomic E-state index is 0.771. The Morgan fingerprint density at radius 3 is 2.62 bits per heavy atom. The summed E-state index contributed by atoms with van der Waals surface area (Å²) in [6, 6.07) is 12.0. The fourth-order valence-electron chi connectivity index (χ4n) is 1.81. The summed E-state index contributed by atoms with van der Waals surface area (Å²) in [6.45, 7) is 2.00. The van der Waals surface area contributed by atoms with Gasteiger partial charge in [0.25, 0.3) is 0 Å². The summed E-state index contributed by atoms with van der Waals surface area (Å²) in [7, 11) is 0. The van der Waals surface area contributed by atoms with Gasteiger partial charge < -0.3 is 4.98 Å². The van der Waals surface area contributed by atoms with E-state index < -0.39 is 0 Å². The number of aromatic nitrogens is 3. The van der Waals surface area contributed by atoms with E-state index in [-0.39, 0.29) is 0 Å². The lowest BCUT2D eigenvalue weighted by Gasteiger charge is -2.02. The maximum absolute atomic E-state index is 4.51. The van der Waals surface area contributed by atoms with E-state index in [9.17, 15) is 0 Å². The molecule has 0 bridgehead atoms. The van der Waals surface area contributed by atoms with E-state index in [1.54, 1.807) is 0 Å². The van der Waals surface area contributed by atoms with Crippen molar-refractivity contribution in [1.29, 1.82) is 0 Å². The van der Waals surface area contributed by atoms with Crippen LogP contribution >= 0.6 is 0 Å². The first-order chi connectivity index (χ1) is 7.84. The summed E-state index contributed by atoms with van der Waals surface area (Å²) in [4.78, 5) is 12.1. The number of aryl methyl sites for hydroxylation is 1. The van der Waals surface area contributed by atoms with Crippen LogP contribution in [0.15, 0.2) is 42.6 Å². The number of nitrogens with zero attached hydrogens (tertiary/aromatic N) is 2. The molecule has 0 saturated carbocycles. The van der Waals surface area contributed by atoms with Gasteiger partial charge in [0.1, 0.15) is 5.65 Å². The van der Waals surface area contributed by atoms with Crippen LogP contribution in [0.1, 0.15) is 5.69 Å². The van der Waals surface area contributed by atoms with Crippen LogP contribution in [0.25, 0.3) is 22.4 Å². The summed E-state index contributed by atoms with van der Waals surface area (Å²) in [5.41, 5.74) is 2.94. The molecular formula is C13H11N3. The quantitative estimate of drug-likeness (QED) is 0.669. The molecule has 2 heterocycles. The molecular weight excluding hydrogens is 198 g/mol. The van der Waals surface area contributed by atoms with Gasteiger partial charge in [-0.05, 0) is 13.0 Å². The van der Waals surface area contributed by atoms with E-state index >= 15 is 0 Å². The molecule has 1 N–H and O–H groups in total. The Morgan fingerprint density at radius 1 is 1.00 bits per heavy atom. The normalized spacial score (nSPS) is 10.8. The first kappa shape index (κ1) is 9.09. The number of benzene rings is 1. The van der Waals surface area contributed by atoms with Crippen molar-refractivity contribution < 1.29 is 0 Å². The molecule has 0 spiro atoms. The summed E-state index contributed by atoms with van der Waals surface area (Å²) >= 11 is 0. The van der Waals surface area contributed by atoms with Crippen LogP contribution in [0.2, 0.25) is 0 Å². The van der Waals surface area contributed by atoms with Gasteiger partial charge in [-0.1, -0.05) is 30.3 Å². The monoisotopic (exact) mass is 209 g/mol. The van der Waals surface area contributed by atoms with E-state index in [1.165, 1.54) is 0 Å². The first-order valence-electron chi connectivity index (χ1n) is 5.22. The molecule has 3 rings (SSSR count). The smallest absolute Gasteiger partial charge is 0.161 e. The van der Waals surface area contributed by atoms with Crippen molar-refractivity contribution in [3.8, 4) is 11.4 Å². The zero-order chi connectivity index (χ0) is 11.0.